The van der Waals surface area contributed by atoms with Crippen molar-refractivity contribution in [3.63, 3.8) is 0 Å². The van der Waals surface area contributed by atoms with Crippen molar-refractivity contribution in [3.05, 3.63) is 72.8 Å². The Morgan fingerprint density at radius 3 is 1.83 bits per heavy atom. The van der Waals surface area contributed by atoms with E-state index < -0.39 is 18.4 Å². The van der Waals surface area contributed by atoms with Crippen LogP contribution in [0, 0.1) is 0 Å². The molecule has 0 amide bonds. The second kappa shape index (κ2) is 5.89. The van der Waals surface area contributed by atoms with Gasteiger partial charge >= 0.3 is 147 Å². The van der Waals surface area contributed by atoms with Crippen LogP contribution in [-0.4, -0.2) is 23.4 Å². The number of hydrogen-bond donors (Lipinski definition) is 0. The van der Waals surface area contributed by atoms with E-state index in [9.17, 15) is 0 Å². The van der Waals surface area contributed by atoms with Crippen molar-refractivity contribution in [1.82, 2.24) is 4.98 Å². The van der Waals surface area contributed by atoms with Crippen molar-refractivity contribution in [1.29, 1.82) is 0 Å². The zero-order valence-corrected chi connectivity index (χ0v) is 17.2. The molecule has 4 rings (SSSR count). The molecule has 0 unspecified atom stereocenters. The first-order valence-corrected chi connectivity index (χ1v) is 18.4. The first-order chi connectivity index (χ1) is 11.5. The molecule has 4 aromatic rings. The molecule has 0 saturated carbocycles. The molecule has 0 aliphatic carbocycles. The van der Waals surface area contributed by atoms with E-state index in [0.29, 0.717) is 0 Å². The quantitative estimate of drug-likeness (QED) is 0.305. The molecule has 0 aliphatic rings. The Morgan fingerprint density at radius 2 is 1.25 bits per heavy atom. The Bertz CT molecular complexity index is 990. The third-order valence-electron chi connectivity index (χ3n) is 4.54. The second-order valence-electron chi connectivity index (χ2n) is 7.35. The SMILES string of the molecule is [CH3][Sn]([CH3])([CH3])[c]1cccc(-c2c3ccccc3cc3ccccc23)n1. The average molecular weight is 418 g/mol. The van der Waals surface area contributed by atoms with Crippen LogP contribution in [0.2, 0.25) is 14.8 Å². The molecule has 0 fully saturated rings. The molecule has 2 heteroatoms. The van der Waals surface area contributed by atoms with E-state index >= 15 is 0 Å². The van der Waals surface area contributed by atoms with Gasteiger partial charge in [-0.1, -0.05) is 0 Å². The Kier molecular flexibility index (Phi) is 3.84. The standard InChI is InChI=1S/C19H12N.3CH3.Sn/c1-3-9-16-14(7-1)13-15-8-2-4-10-17(15)19(16)18-11-5-6-12-20-18;;;;/h1-11,13H;3*1H3;. The number of hydrogen-bond acceptors (Lipinski definition) is 1. The first kappa shape index (κ1) is 15.6. The number of rotatable bonds is 2. The Morgan fingerprint density at radius 1 is 0.667 bits per heavy atom. The minimum atomic E-state index is -2.20. The average Bonchev–Trinajstić information content (AvgIpc) is 2.59. The number of benzene rings is 3. The second-order valence-corrected chi connectivity index (χ2v) is 21.7. The van der Waals surface area contributed by atoms with Crippen LogP contribution in [0.25, 0.3) is 32.8 Å². The van der Waals surface area contributed by atoms with E-state index in [1.165, 1.54) is 30.8 Å². The molecular formula is C22H21NSn. The van der Waals surface area contributed by atoms with E-state index in [2.05, 4.69) is 87.6 Å². The molecule has 0 radical (unpaired) electrons. The molecule has 118 valence electrons. The summed E-state index contributed by atoms with van der Waals surface area (Å²) in [6.45, 7) is 0. The van der Waals surface area contributed by atoms with E-state index in [1.807, 2.05) is 0 Å². The molecule has 3 aromatic carbocycles. The van der Waals surface area contributed by atoms with Gasteiger partial charge in [-0.15, -0.1) is 0 Å². The summed E-state index contributed by atoms with van der Waals surface area (Å²) in [6.07, 6.45) is 0. The Balaban J connectivity index is 2.11. The summed E-state index contributed by atoms with van der Waals surface area (Å²) < 4.78 is 1.33. The van der Waals surface area contributed by atoms with Gasteiger partial charge in [-0.05, 0) is 0 Å². The number of pyridine rings is 1. The number of nitrogens with zero attached hydrogens (tertiary/aromatic N) is 1. The third-order valence-corrected chi connectivity index (χ3v) is 9.73. The normalized spacial score (nSPS) is 12.0. The molecule has 1 nitrogen and oxygen atoms in total. The van der Waals surface area contributed by atoms with Crippen LogP contribution in [0.1, 0.15) is 0 Å². The fourth-order valence-corrected chi connectivity index (χ4v) is 6.28. The van der Waals surface area contributed by atoms with E-state index in [0.717, 1.165) is 5.69 Å². The molecule has 0 spiro atoms. The maximum atomic E-state index is 5.11. The van der Waals surface area contributed by atoms with Gasteiger partial charge in [0.15, 0.2) is 0 Å². The topological polar surface area (TPSA) is 12.9 Å². The van der Waals surface area contributed by atoms with Gasteiger partial charge in [-0.3, -0.25) is 0 Å². The fraction of sp³-hybridized carbons (Fsp3) is 0.136. The van der Waals surface area contributed by atoms with Gasteiger partial charge < -0.3 is 0 Å². The van der Waals surface area contributed by atoms with E-state index in [1.54, 1.807) is 0 Å². The minimum absolute atomic E-state index is 1.10. The first-order valence-electron chi connectivity index (χ1n) is 8.42. The summed E-state index contributed by atoms with van der Waals surface area (Å²) in [5, 5.41) is 5.12. The number of fused-ring (bicyclic) bond motifs is 2. The van der Waals surface area contributed by atoms with Gasteiger partial charge in [0.1, 0.15) is 0 Å². The summed E-state index contributed by atoms with van der Waals surface area (Å²) in [6, 6.07) is 26.1. The summed E-state index contributed by atoms with van der Waals surface area (Å²) in [5.74, 6) is 0. The predicted octanol–water partition coefficient (Wildman–Crippen LogP) is 5.60. The molecule has 1 heterocycles. The van der Waals surface area contributed by atoms with Crippen molar-refractivity contribution in [3.8, 4) is 11.3 Å². The van der Waals surface area contributed by atoms with Crippen LogP contribution < -0.4 is 3.71 Å². The van der Waals surface area contributed by atoms with Gasteiger partial charge in [-0.25, -0.2) is 0 Å². The van der Waals surface area contributed by atoms with Crippen LogP contribution in [0.4, 0.5) is 0 Å². The summed E-state index contributed by atoms with van der Waals surface area (Å²) >= 11 is -2.20. The molecule has 24 heavy (non-hydrogen) atoms. The Labute approximate surface area is 147 Å². The van der Waals surface area contributed by atoms with E-state index in [4.69, 9.17) is 4.98 Å². The summed E-state index contributed by atoms with van der Waals surface area (Å²) in [4.78, 5) is 12.4. The maximum absolute atomic E-state index is 5.11. The monoisotopic (exact) mass is 419 g/mol. The van der Waals surface area contributed by atoms with Gasteiger partial charge in [0.05, 0.1) is 0 Å². The van der Waals surface area contributed by atoms with Gasteiger partial charge in [0.25, 0.3) is 0 Å². The van der Waals surface area contributed by atoms with Gasteiger partial charge in [0, 0.05) is 0 Å². The molecular weight excluding hydrogens is 397 g/mol. The molecule has 1 aromatic heterocycles. The van der Waals surface area contributed by atoms with Crippen molar-refractivity contribution in [2.75, 3.05) is 0 Å². The third kappa shape index (κ3) is 2.71. The van der Waals surface area contributed by atoms with Crippen molar-refractivity contribution in [2.45, 2.75) is 14.8 Å². The van der Waals surface area contributed by atoms with Gasteiger partial charge in [0.2, 0.25) is 0 Å². The van der Waals surface area contributed by atoms with Crippen molar-refractivity contribution >= 4 is 43.6 Å². The summed E-state index contributed by atoms with van der Waals surface area (Å²) in [5.41, 5.74) is 2.37. The molecule has 0 saturated heterocycles. The van der Waals surface area contributed by atoms with Crippen molar-refractivity contribution in [2.24, 2.45) is 0 Å². The molecule has 0 bridgehead atoms. The zero-order chi connectivity index (χ0) is 16.7. The van der Waals surface area contributed by atoms with Crippen molar-refractivity contribution < 1.29 is 0 Å². The molecule has 0 N–H and O–H groups in total. The fourth-order valence-electron chi connectivity index (χ4n) is 3.28. The van der Waals surface area contributed by atoms with Crippen LogP contribution in [0.5, 0.6) is 0 Å². The van der Waals surface area contributed by atoms with Gasteiger partial charge in [-0.2, -0.15) is 0 Å². The zero-order valence-electron chi connectivity index (χ0n) is 14.4. The Hall–Kier alpha value is -1.87. The van der Waals surface area contributed by atoms with Crippen LogP contribution in [0.15, 0.2) is 72.8 Å². The number of aromatic nitrogens is 1. The van der Waals surface area contributed by atoms with E-state index in [-0.39, 0.29) is 0 Å². The molecule has 0 atom stereocenters. The van der Waals surface area contributed by atoms with Crippen LogP contribution in [-0.2, 0) is 0 Å². The molecule has 0 aliphatic heterocycles. The predicted molar refractivity (Wildman–Crippen MR) is 108 cm³/mol. The van der Waals surface area contributed by atoms with Crippen LogP contribution >= 0.6 is 0 Å². The summed E-state index contributed by atoms with van der Waals surface area (Å²) in [7, 11) is 0. The van der Waals surface area contributed by atoms with Crippen LogP contribution in [0.3, 0.4) is 0 Å².